The zero-order valence-corrected chi connectivity index (χ0v) is 21.6. The summed E-state index contributed by atoms with van der Waals surface area (Å²) in [5.41, 5.74) is 5.44. The fourth-order valence-corrected chi connectivity index (χ4v) is 5.54. The smallest absolute Gasteiger partial charge is 0.264 e. The van der Waals surface area contributed by atoms with E-state index in [2.05, 4.69) is 37.4 Å². The first-order valence-electron chi connectivity index (χ1n) is 11.4. The number of rotatable bonds is 9. The van der Waals surface area contributed by atoms with E-state index in [-0.39, 0.29) is 17.3 Å². The molecule has 0 radical (unpaired) electrons. The molecule has 3 aromatic carbocycles. The molecule has 0 atom stereocenters. The van der Waals surface area contributed by atoms with Gasteiger partial charge in [0.1, 0.15) is 6.54 Å². The first kappa shape index (κ1) is 25.8. The molecule has 34 heavy (non-hydrogen) atoms. The first-order valence-corrected chi connectivity index (χ1v) is 13.2. The summed E-state index contributed by atoms with van der Waals surface area (Å²) in [6, 6.07) is 17.9. The van der Waals surface area contributed by atoms with Gasteiger partial charge in [-0.05, 0) is 79.3 Å². The Balaban J connectivity index is 1.90. The molecular weight excluding hydrogens is 468 g/mol. The van der Waals surface area contributed by atoms with Crippen LogP contribution in [-0.2, 0) is 34.2 Å². The van der Waals surface area contributed by atoms with Gasteiger partial charge < -0.3 is 5.32 Å². The highest BCUT2D eigenvalue weighted by atomic mass is 35.5. The lowest BCUT2D eigenvalue weighted by Crippen LogP contribution is -2.41. The van der Waals surface area contributed by atoms with Gasteiger partial charge in [-0.2, -0.15) is 0 Å². The Morgan fingerprint density at radius 3 is 2.24 bits per heavy atom. The van der Waals surface area contributed by atoms with Crippen LogP contribution in [0.4, 0.5) is 5.69 Å². The van der Waals surface area contributed by atoms with Crippen LogP contribution < -0.4 is 9.62 Å². The van der Waals surface area contributed by atoms with Crippen LogP contribution in [-0.4, -0.2) is 20.9 Å². The van der Waals surface area contributed by atoms with Crippen molar-refractivity contribution in [3.05, 3.63) is 93.5 Å². The van der Waals surface area contributed by atoms with Crippen LogP contribution in [0.25, 0.3) is 0 Å². The van der Waals surface area contributed by atoms with Crippen molar-refractivity contribution in [2.75, 3.05) is 10.8 Å². The van der Waals surface area contributed by atoms with Crippen molar-refractivity contribution in [3.8, 4) is 0 Å². The summed E-state index contributed by atoms with van der Waals surface area (Å²) in [5, 5.41) is 3.42. The maximum Gasteiger partial charge on any atom is 0.264 e. The Bertz CT molecular complexity index is 1270. The highest BCUT2D eigenvalue weighted by molar-refractivity contribution is 7.92. The normalized spacial score (nSPS) is 11.3. The van der Waals surface area contributed by atoms with Crippen LogP contribution in [0.5, 0.6) is 0 Å². The predicted octanol–water partition coefficient (Wildman–Crippen LogP) is 5.59. The van der Waals surface area contributed by atoms with E-state index in [1.807, 2.05) is 6.92 Å². The summed E-state index contributed by atoms with van der Waals surface area (Å²) in [6.07, 6.45) is 1.76. The number of hydrogen-bond donors (Lipinski definition) is 1. The molecule has 0 aromatic heterocycles. The maximum absolute atomic E-state index is 13.6. The molecule has 0 saturated carbocycles. The van der Waals surface area contributed by atoms with Gasteiger partial charge >= 0.3 is 0 Å². The zero-order chi connectivity index (χ0) is 24.9. The van der Waals surface area contributed by atoms with E-state index in [0.717, 1.165) is 33.8 Å². The molecule has 180 valence electrons. The molecule has 0 spiro atoms. The number of nitrogens with one attached hydrogen (secondary N) is 1. The van der Waals surface area contributed by atoms with Crippen molar-refractivity contribution in [2.24, 2.45) is 0 Å². The average molecular weight is 499 g/mol. The summed E-state index contributed by atoms with van der Waals surface area (Å²) in [6.45, 7) is 7.84. The maximum atomic E-state index is 13.6. The minimum atomic E-state index is -3.98. The zero-order valence-electron chi connectivity index (χ0n) is 20.1. The molecule has 0 aliphatic carbocycles. The molecule has 7 heteroatoms. The second-order valence-corrected chi connectivity index (χ2v) is 10.6. The number of anilines is 1. The number of carbonyl (C=O) groups excluding carboxylic acids is 1. The van der Waals surface area contributed by atoms with Crippen molar-refractivity contribution in [2.45, 2.75) is 52.0 Å². The van der Waals surface area contributed by atoms with Gasteiger partial charge in [-0.15, -0.1) is 0 Å². The summed E-state index contributed by atoms with van der Waals surface area (Å²) in [4.78, 5) is 13.2. The molecular formula is C27H31ClN2O3S. The molecule has 0 fully saturated rings. The van der Waals surface area contributed by atoms with Gasteiger partial charge in [-0.1, -0.05) is 61.3 Å². The molecule has 5 nitrogen and oxygen atoms in total. The predicted molar refractivity (Wildman–Crippen MR) is 139 cm³/mol. The fourth-order valence-electron chi connectivity index (χ4n) is 3.82. The molecule has 0 unspecified atom stereocenters. The van der Waals surface area contributed by atoms with E-state index in [1.54, 1.807) is 49.4 Å². The molecule has 0 saturated heterocycles. The van der Waals surface area contributed by atoms with Gasteiger partial charge in [-0.25, -0.2) is 8.42 Å². The van der Waals surface area contributed by atoms with Gasteiger partial charge in [0.25, 0.3) is 10.0 Å². The molecule has 1 amide bonds. The van der Waals surface area contributed by atoms with Gasteiger partial charge in [0.15, 0.2) is 0 Å². The van der Waals surface area contributed by atoms with E-state index in [9.17, 15) is 13.2 Å². The summed E-state index contributed by atoms with van der Waals surface area (Å²) >= 11 is 6.10. The van der Waals surface area contributed by atoms with Gasteiger partial charge in [0.05, 0.1) is 10.6 Å². The number of hydrogen-bond acceptors (Lipinski definition) is 3. The molecule has 0 bridgehead atoms. The van der Waals surface area contributed by atoms with Crippen molar-refractivity contribution in [1.82, 2.24) is 5.32 Å². The first-order chi connectivity index (χ1) is 16.1. The van der Waals surface area contributed by atoms with Crippen LogP contribution in [0.3, 0.4) is 0 Å². The number of benzene rings is 3. The molecule has 0 heterocycles. The molecule has 0 aliphatic heterocycles. The Morgan fingerprint density at radius 2 is 1.62 bits per heavy atom. The standard InChI is InChI=1S/C27H31ClN2O3S/c1-5-21-9-10-22(6-2)23(16-21)17-29-27(31)18-30(26-14-11-24(28)15-20(26)4)34(32,33)25-12-7-19(3)8-13-25/h7-16H,5-6,17-18H2,1-4H3,(H,29,31). The van der Waals surface area contributed by atoms with Crippen LogP contribution >= 0.6 is 11.6 Å². The Hall–Kier alpha value is -2.83. The minimum Gasteiger partial charge on any atom is -0.350 e. The Kier molecular flexibility index (Phi) is 8.39. The lowest BCUT2D eigenvalue weighted by atomic mass is 10.0. The number of halogens is 1. The number of sulfonamides is 1. The number of carbonyl (C=O) groups is 1. The van der Waals surface area contributed by atoms with E-state index in [1.165, 1.54) is 5.56 Å². The summed E-state index contributed by atoms with van der Waals surface area (Å²) < 4.78 is 28.3. The second kappa shape index (κ2) is 11.1. The number of nitrogens with zero attached hydrogens (tertiary/aromatic N) is 1. The van der Waals surface area contributed by atoms with Crippen LogP contribution in [0, 0.1) is 13.8 Å². The van der Waals surface area contributed by atoms with Crippen molar-refractivity contribution in [3.63, 3.8) is 0 Å². The lowest BCUT2D eigenvalue weighted by Gasteiger charge is -2.26. The van der Waals surface area contributed by atoms with Gasteiger partial charge in [0, 0.05) is 11.6 Å². The van der Waals surface area contributed by atoms with Crippen molar-refractivity contribution in [1.29, 1.82) is 0 Å². The monoisotopic (exact) mass is 498 g/mol. The molecule has 3 aromatic rings. The summed E-state index contributed by atoms with van der Waals surface area (Å²) in [5.74, 6) is -0.381. The third-order valence-electron chi connectivity index (χ3n) is 5.86. The van der Waals surface area contributed by atoms with Crippen LogP contribution in [0.15, 0.2) is 65.6 Å². The topological polar surface area (TPSA) is 66.5 Å². The number of amides is 1. The van der Waals surface area contributed by atoms with Crippen molar-refractivity contribution >= 4 is 33.2 Å². The van der Waals surface area contributed by atoms with Crippen LogP contribution in [0.1, 0.15) is 41.7 Å². The largest absolute Gasteiger partial charge is 0.350 e. The molecule has 1 N–H and O–H groups in total. The second-order valence-electron chi connectivity index (χ2n) is 8.34. The highest BCUT2D eigenvalue weighted by Gasteiger charge is 2.28. The SMILES string of the molecule is CCc1ccc(CC)c(CNC(=O)CN(c2ccc(Cl)cc2C)S(=O)(=O)c2ccc(C)cc2)c1. The van der Waals surface area contributed by atoms with E-state index < -0.39 is 10.0 Å². The molecule has 0 aliphatic rings. The molecule has 3 rings (SSSR count). The third-order valence-corrected chi connectivity index (χ3v) is 7.87. The lowest BCUT2D eigenvalue weighted by molar-refractivity contribution is -0.119. The van der Waals surface area contributed by atoms with Crippen molar-refractivity contribution < 1.29 is 13.2 Å². The average Bonchev–Trinajstić information content (AvgIpc) is 2.81. The Labute approximate surface area is 207 Å². The summed E-state index contributed by atoms with van der Waals surface area (Å²) in [7, 11) is -3.98. The fraction of sp³-hybridized carbons (Fsp3) is 0.296. The highest BCUT2D eigenvalue weighted by Crippen LogP contribution is 2.29. The Morgan fingerprint density at radius 1 is 0.912 bits per heavy atom. The number of aryl methyl sites for hydroxylation is 4. The minimum absolute atomic E-state index is 0.129. The third kappa shape index (κ3) is 5.99. The van der Waals surface area contributed by atoms with E-state index in [4.69, 9.17) is 11.6 Å². The quantitative estimate of drug-likeness (QED) is 0.418. The van der Waals surface area contributed by atoms with Crippen LogP contribution in [0.2, 0.25) is 5.02 Å². The van der Waals surface area contributed by atoms with E-state index in [0.29, 0.717) is 22.8 Å². The van der Waals surface area contributed by atoms with Gasteiger partial charge in [0.2, 0.25) is 5.91 Å². The van der Waals surface area contributed by atoms with E-state index >= 15 is 0 Å². The van der Waals surface area contributed by atoms with Gasteiger partial charge in [-0.3, -0.25) is 9.10 Å².